The molecule has 11 heteroatoms. The second-order valence-corrected chi connectivity index (χ2v) is 7.35. The summed E-state index contributed by atoms with van der Waals surface area (Å²) in [5.41, 5.74) is 3.89. The van der Waals surface area contributed by atoms with Crippen molar-refractivity contribution in [1.29, 1.82) is 0 Å². The van der Waals surface area contributed by atoms with Gasteiger partial charge in [0.1, 0.15) is 23.3 Å². The van der Waals surface area contributed by atoms with Crippen LogP contribution < -0.4 is 26.6 Å². The highest BCUT2D eigenvalue weighted by Gasteiger charge is 2.25. The summed E-state index contributed by atoms with van der Waals surface area (Å²) in [4.78, 5) is 29.7. The van der Waals surface area contributed by atoms with Gasteiger partial charge in [-0.15, -0.1) is 0 Å². The number of hydrogen-bond donors (Lipinski definition) is 4. The number of ether oxygens (including phenoxy) is 2. The Morgan fingerprint density at radius 2 is 1.97 bits per heavy atom. The Labute approximate surface area is 184 Å². The van der Waals surface area contributed by atoms with Crippen LogP contribution in [0.3, 0.4) is 0 Å². The fourth-order valence-electron chi connectivity index (χ4n) is 3.62. The van der Waals surface area contributed by atoms with Crippen LogP contribution in [0.15, 0.2) is 36.7 Å². The van der Waals surface area contributed by atoms with Crippen LogP contribution in [0, 0.1) is 0 Å². The van der Waals surface area contributed by atoms with Gasteiger partial charge in [0.25, 0.3) is 11.8 Å². The number of aromatic nitrogens is 3. The number of hydrazine groups is 1. The molecule has 0 atom stereocenters. The number of methoxy groups -OCH3 is 1. The van der Waals surface area contributed by atoms with Crippen LogP contribution in [0.1, 0.15) is 39.3 Å². The Bertz CT molecular complexity index is 1110. The molecular formula is C21H25N7O4. The van der Waals surface area contributed by atoms with Crippen LogP contribution in [0.25, 0.3) is 5.52 Å². The molecule has 2 amide bonds. The molecule has 11 nitrogen and oxygen atoms in total. The third-order valence-electron chi connectivity index (χ3n) is 5.34. The van der Waals surface area contributed by atoms with Crippen LogP contribution in [0.4, 0.5) is 5.82 Å². The SMILES string of the molecule is COc1ccc(CNc2ncnn3c(C(=O)NN)cc(C(=O)NC4CCOCC4)c23)cc1. The van der Waals surface area contributed by atoms with Gasteiger partial charge < -0.3 is 20.1 Å². The Kier molecular flexibility index (Phi) is 6.47. The van der Waals surface area contributed by atoms with Gasteiger partial charge in [0, 0.05) is 25.8 Å². The third kappa shape index (κ3) is 4.48. The summed E-state index contributed by atoms with van der Waals surface area (Å²) in [5.74, 6) is 5.63. The minimum atomic E-state index is -0.565. The molecule has 1 saturated heterocycles. The molecule has 0 radical (unpaired) electrons. The first-order chi connectivity index (χ1) is 15.6. The number of nitrogens with two attached hydrogens (primary N) is 1. The Morgan fingerprint density at radius 3 is 2.66 bits per heavy atom. The number of carbonyl (C=O) groups is 2. The van der Waals surface area contributed by atoms with Crippen molar-refractivity contribution in [1.82, 2.24) is 25.3 Å². The molecule has 1 aromatic carbocycles. The lowest BCUT2D eigenvalue weighted by atomic mass is 10.1. The molecular weight excluding hydrogens is 414 g/mol. The van der Waals surface area contributed by atoms with E-state index in [9.17, 15) is 9.59 Å². The molecule has 168 valence electrons. The van der Waals surface area contributed by atoms with E-state index in [1.165, 1.54) is 16.9 Å². The van der Waals surface area contributed by atoms with Gasteiger partial charge in [-0.2, -0.15) is 5.10 Å². The third-order valence-corrected chi connectivity index (χ3v) is 5.34. The van der Waals surface area contributed by atoms with E-state index in [0.29, 0.717) is 31.1 Å². The second kappa shape index (κ2) is 9.62. The average molecular weight is 439 g/mol. The van der Waals surface area contributed by atoms with E-state index in [2.05, 4.69) is 26.1 Å². The van der Waals surface area contributed by atoms with E-state index >= 15 is 0 Å². The molecule has 0 unspecified atom stereocenters. The molecule has 2 aromatic heterocycles. The molecule has 5 N–H and O–H groups in total. The Balaban J connectivity index is 1.66. The molecule has 0 bridgehead atoms. The smallest absolute Gasteiger partial charge is 0.283 e. The molecule has 0 saturated carbocycles. The van der Waals surface area contributed by atoms with Crippen molar-refractivity contribution in [3.63, 3.8) is 0 Å². The molecule has 4 rings (SSSR count). The van der Waals surface area contributed by atoms with Crippen molar-refractivity contribution in [2.24, 2.45) is 5.84 Å². The summed E-state index contributed by atoms with van der Waals surface area (Å²) in [6, 6.07) is 9.04. The average Bonchev–Trinajstić information content (AvgIpc) is 3.24. The van der Waals surface area contributed by atoms with Gasteiger partial charge in [0.15, 0.2) is 5.82 Å². The minimum Gasteiger partial charge on any atom is -0.497 e. The molecule has 0 aliphatic carbocycles. The van der Waals surface area contributed by atoms with Crippen molar-refractivity contribution >= 4 is 23.1 Å². The van der Waals surface area contributed by atoms with Crippen molar-refractivity contribution in [2.75, 3.05) is 25.6 Å². The number of benzene rings is 1. The maximum Gasteiger partial charge on any atom is 0.283 e. The predicted octanol–water partition coefficient (Wildman–Crippen LogP) is 0.862. The number of nitrogens with zero attached hydrogens (tertiary/aromatic N) is 3. The summed E-state index contributed by atoms with van der Waals surface area (Å²) in [5, 5.41) is 10.4. The first kappa shape index (κ1) is 21.5. The van der Waals surface area contributed by atoms with Crippen LogP contribution in [-0.2, 0) is 11.3 Å². The van der Waals surface area contributed by atoms with Gasteiger partial charge in [-0.25, -0.2) is 15.3 Å². The highest BCUT2D eigenvalue weighted by atomic mass is 16.5. The van der Waals surface area contributed by atoms with Gasteiger partial charge in [0.2, 0.25) is 0 Å². The summed E-state index contributed by atoms with van der Waals surface area (Å²) in [7, 11) is 1.61. The van der Waals surface area contributed by atoms with E-state index in [0.717, 1.165) is 24.2 Å². The summed E-state index contributed by atoms with van der Waals surface area (Å²) in [6.07, 6.45) is 2.77. The van der Waals surface area contributed by atoms with Gasteiger partial charge >= 0.3 is 0 Å². The van der Waals surface area contributed by atoms with Crippen molar-refractivity contribution < 1.29 is 19.1 Å². The van der Waals surface area contributed by atoms with Crippen LogP contribution in [0.2, 0.25) is 0 Å². The van der Waals surface area contributed by atoms with E-state index < -0.39 is 5.91 Å². The van der Waals surface area contributed by atoms with E-state index in [-0.39, 0.29) is 23.2 Å². The number of nitrogens with one attached hydrogen (secondary N) is 3. The number of rotatable bonds is 7. The van der Waals surface area contributed by atoms with Crippen molar-refractivity contribution in [2.45, 2.75) is 25.4 Å². The monoisotopic (exact) mass is 439 g/mol. The molecule has 1 fully saturated rings. The summed E-state index contributed by atoms with van der Waals surface area (Å²) >= 11 is 0. The molecule has 3 heterocycles. The Morgan fingerprint density at radius 1 is 1.22 bits per heavy atom. The fourth-order valence-corrected chi connectivity index (χ4v) is 3.62. The fraction of sp³-hybridized carbons (Fsp3) is 0.333. The van der Waals surface area contributed by atoms with E-state index in [1.54, 1.807) is 7.11 Å². The topological polar surface area (TPSA) is 145 Å². The number of amides is 2. The zero-order chi connectivity index (χ0) is 22.5. The standard InChI is InChI=1S/C21H25N7O4/c1-31-15-4-2-13(3-5-15)11-23-19-18-16(20(29)26-14-6-8-32-9-7-14)10-17(21(30)27-22)28(18)25-12-24-19/h2-5,10,12,14H,6-9,11,22H2,1H3,(H,26,29)(H,27,30)(H,23,24,25). The number of carbonyl (C=O) groups excluding carboxylic acids is 2. The highest BCUT2D eigenvalue weighted by molar-refractivity contribution is 6.07. The normalized spacial score (nSPS) is 14.2. The van der Waals surface area contributed by atoms with Gasteiger partial charge in [-0.05, 0) is 36.6 Å². The van der Waals surface area contributed by atoms with Crippen molar-refractivity contribution in [3.8, 4) is 5.75 Å². The number of fused-ring (bicyclic) bond motifs is 1. The number of hydrogen-bond acceptors (Lipinski definition) is 8. The number of anilines is 1. The van der Waals surface area contributed by atoms with Crippen LogP contribution >= 0.6 is 0 Å². The van der Waals surface area contributed by atoms with Crippen LogP contribution in [0.5, 0.6) is 5.75 Å². The zero-order valence-corrected chi connectivity index (χ0v) is 17.6. The second-order valence-electron chi connectivity index (χ2n) is 7.35. The maximum absolute atomic E-state index is 13.1. The largest absolute Gasteiger partial charge is 0.497 e. The van der Waals surface area contributed by atoms with E-state index in [1.807, 2.05) is 24.3 Å². The quantitative estimate of drug-likeness (QED) is 0.241. The zero-order valence-electron chi connectivity index (χ0n) is 17.6. The molecule has 1 aliphatic heterocycles. The Hall–Kier alpha value is -3.70. The first-order valence-corrected chi connectivity index (χ1v) is 10.2. The van der Waals surface area contributed by atoms with Gasteiger partial charge in [-0.3, -0.25) is 15.0 Å². The molecule has 32 heavy (non-hydrogen) atoms. The van der Waals surface area contributed by atoms with Gasteiger partial charge in [0.05, 0.1) is 12.7 Å². The molecule has 3 aromatic rings. The van der Waals surface area contributed by atoms with Crippen molar-refractivity contribution in [3.05, 3.63) is 53.5 Å². The molecule has 0 spiro atoms. The lowest BCUT2D eigenvalue weighted by molar-refractivity contribution is 0.0697. The maximum atomic E-state index is 13.1. The first-order valence-electron chi connectivity index (χ1n) is 10.2. The summed E-state index contributed by atoms with van der Waals surface area (Å²) < 4.78 is 11.9. The predicted molar refractivity (Wildman–Crippen MR) is 116 cm³/mol. The highest BCUT2D eigenvalue weighted by Crippen LogP contribution is 2.24. The lowest BCUT2D eigenvalue weighted by Gasteiger charge is -2.23. The summed E-state index contributed by atoms with van der Waals surface area (Å²) in [6.45, 7) is 1.64. The van der Waals surface area contributed by atoms with Gasteiger partial charge in [-0.1, -0.05) is 12.1 Å². The van der Waals surface area contributed by atoms with E-state index in [4.69, 9.17) is 15.3 Å². The minimum absolute atomic E-state index is 0.00155. The van der Waals surface area contributed by atoms with Crippen LogP contribution in [-0.4, -0.2) is 52.8 Å². The lowest BCUT2D eigenvalue weighted by Crippen LogP contribution is -2.38. The number of nitrogen functional groups attached to an aromatic ring is 1. The molecule has 1 aliphatic rings.